The Bertz CT molecular complexity index is 2890. The second-order valence-electron chi connectivity index (χ2n) is 13.6. The fourth-order valence-electron chi connectivity index (χ4n) is 8.98. The summed E-state index contributed by atoms with van der Waals surface area (Å²) < 4.78 is 6.71. The zero-order chi connectivity index (χ0) is 32.8. The van der Waals surface area contributed by atoms with Crippen LogP contribution < -0.4 is 0 Å². The molecule has 11 rings (SSSR count). The third kappa shape index (κ3) is 3.67. The molecule has 1 heteroatoms. The molecule has 0 spiro atoms. The van der Waals surface area contributed by atoms with Gasteiger partial charge in [0.15, 0.2) is 0 Å². The summed E-state index contributed by atoms with van der Waals surface area (Å²) in [7, 11) is 0. The van der Waals surface area contributed by atoms with Crippen molar-refractivity contribution in [2.75, 3.05) is 0 Å². The van der Waals surface area contributed by atoms with Crippen molar-refractivity contribution in [1.82, 2.24) is 0 Å². The Morgan fingerprint density at radius 2 is 0.800 bits per heavy atom. The van der Waals surface area contributed by atoms with Gasteiger partial charge in [0.1, 0.15) is 11.2 Å². The second kappa shape index (κ2) is 10.3. The minimum atomic E-state index is -0.454. The van der Waals surface area contributed by atoms with E-state index in [0.29, 0.717) is 0 Å². The Hall–Kier alpha value is -6.44. The summed E-state index contributed by atoms with van der Waals surface area (Å²) in [5, 5.41) is 10.0. The van der Waals surface area contributed by atoms with Gasteiger partial charge in [-0.15, -0.1) is 0 Å². The van der Waals surface area contributed by atoms with Crippen LogP contribution in [0.25, 0.3) is 76.5 Å². The number of rotatable bonds is 3. The molecule has 0 saturated heterocycles. The van der Waals surface area contributed by atoms with Crippen LogP contribution in [-0.4, -0.2) is 0 Å². The highest BCUT2D eigenvalue weighted by Crippen LogP contribution is 2.57. The fourth-order valence-corrected chi connectivity index (χ4v) is 8.98. The van der Waals surface area contributed by atoms with Gasteiger partial charge in [0.2, 0.25) is 0 Å². The lowest BCUT2D eigenvalue weighted by atomic mass is 9.67. The lowest BCUT2D eigenvalue weighted by Gasteiger charge is -2.33. The van der Waals surface area contributed by atoms with E-state index in [1.807, 2.05) is 0 Å². The average Bonchev–Trinajstić information content (AvgIpc) is 3.70. The highest BCUT2D eigenvalue weighted by molar-refractivity contribution is 6.25. The number of furan rings is 1. The van der Waals surface area contributed by atoms with Crippen LogP contribution in [0.4, 0.5) is 0 Å². The Balaban J connectivity index is 1.15. The van der Waals surface area contributed by atoms with Crippen LogP contribution in [0.15, 0.2) is 186 Å². The van der Waals surface area contributed by atoms with Gasteiger partial charge in [-0.05, 0) is 107 Å². The van der Waals surface area contributed by atoms with Gasteiger partial charge in [0.25, 0.3) is 0 Å². The topological polar surface area (TPSA) is 13.1 Å². The third-order valence-electron chi connectivity index (χ3n) is 11.1. The maximum absolute atomic E-state index is 6.71. The van der Waals surface area contributed by atoms with Crippen molar-refractivity contribution in [1.29, 1.82) is 0 Å². The van der Waals surface area contributed by atoms with Crippen molar-refractivity contribution in [3.8, 4) is 22.3 Å². The SMILES string of the molecule is c1ccc(C2(c3ccccc3)c3ccccc3-c3cc4c(cc32)oc2ccc(-c3ccc5c6ccccc6c6ccccc6c5c3)cc24)cc1. The molecular weight excluding hydrogens is 605 g/mol. The van der Waals surface area contributed by atoms with E-state index < -0.39 is 5.41 Å². The molecule has 0 bridgehead atoms. The molecule has 0 saturated carbocycles. The lowest BCUT2D eigenvalue weighted by molar-refractivity contribution is 0.666. The van der Waals surface area contributed by atoms with Gasteiger partial charge in [-0.3, -0.25) is 0 Å². The number of benzene rings is 9. The van der Waals surface area contributed by atoms with Crippen LogP contribution in [0.2, 0.25) is 0 Å². The summed E-state index contributed by atoms with van der Waals surface area (Å²) in [5.41, 5.74) is 11.4. The van der Waals surface area contributed by atoms with E-state index in [2.05, 4.69) is 182 Å². The number of hydrogen-bond acceptors (Lipinski definition) is 1. The van der Waals surface area contributed by atoms with Crippen molar-refractivity contribution >= 4 is 54.3 Å². The maximum Gasteiger partial charge on any atom is 0.135 e. The van der Waals surface area contributed by atoms with E-state index in [9.17, 15) is 0 Å². The van der Waals surface area contributed by atoms with Crippen LogP contribution in [0.5, 0.6) is 0 Å². The molecule has 0 amide bonds. The second-order valence-corrected chi connectivity index (χ2v) is 13.6. The van der Waals surface area contributed by atoms with Crippen LogP contribution >= 0.6 is 0 Å². The molecule has 1 aliphatic rings. The van der Waals surface area contributed by atoms with Crippen molar-refractivity contribution in [2.45, 2.75) is 5.41 Å². The molecule has 0 radical (unpaired) electrons. The summed E-state index contributed by atoms with van der Waals surface area (Å²) in [6.07, 6.45) is 0. The predicted molar refractivity (Wildman–Crippen MR) is 209 cm³/mol. The smallest absolute Gasteiger partial charge is 0.135 e. The van der Waals surface area contributed by atoms with Crippen molar-refractivity contribution < 1.29 is 4.42 Å². The Morgan fingerprint density at radius 1 is 0.300 bits per heavy atom. The van der Waals surface area contributed by atoms with E-state index in [0.717, 1.165) is 21.9 Å². The zero-order valence-electron chi connectivity index (χ0n) is 27.2. The van der Waals surface area contributed by atoms with E-state index in [4.69, 9.17) is 4.42 Å². The Morgan fingerprint density at radius 3 is 1.46 bits per heavy atom. The van der Waals surface area contributed by atoms with Crippen LogP contribution in [0.1, 0.15) is 22.3 Å². The molecule has 0 atom stereocenters. The molecule has 0 fully saturated rings. The minimum absolute atomic E-state index is 0.454. The molecular formula is C49H30O. The molecule has 1 heterocycles. The van der Waals surface area contributed by atoms with Gasteiger partial charge in [-0.25, -0.2) is 0 Å². The molecule has 10 aromatic rings. The van der Waals surface area contributed by atoms with Gasteiger partial charge < -0.3 is 4.42 Å². The van der Waals surface area contributed by atoms with Crippen molar-refractivity contribution in [2.24, 2.45) is 0 Å². The highest BCUT2D eigenvalue weighted by atomic mass is 16.3. The molecule has 9 aromatic carbocycles. The molecule has 0 N–H and O–H groups in total. The number of fused-ring (bicyclic) bond motifs is 12. The maximum atomic E-state index is 6.71. The highest BCUT2D eigenvalue weighted by Gasteiger charge is 2.46. The summed E-state index contributed by atoms with van der Waals surface area (Å²) in [5.74, 6) is 0. The quantitative estimate of drug-likeness (QED) is 0.176. The minimum Gasteiger partial charge on any atom is -0.456 e. The van der Waals surface area contributed by atoms with E-state index in [1.54, 1.807) is 0 Å². The first-order valence-corrected chi connectivity index (χ1v) is 17.3. The van der Waals surface area contributed by atoms with Gasteiger partial charge in [0.05, 0.1) is 5.41 Å². The van der Waals surface area contributed by atoms with Gasteiger partial charge in [0, 0.05) is 10.8 Å². The summed E-state index contributed by atoms with van der Waals surface area (Å²) in [4.78, 5) is 0. The van der Waals surface area contributed by atoms with Gasteiger partial charge in [-0.1, -0.05) is 152 Å². The standard InChI is InChI=1S/C49H30O/c1-3-13-33(14-4-1)49(34-15-5-2-6-16-34)45-22-12-11-21-40(45)42-29-44-43-28-32(24-26-47(43)50-48(44)30-46(42)49)31-23-25-39-37-19-8-7-17-35(37)36-18-9-10-20-38(36)41(39)27-31/h1-30H. The fraction of sp³-hybridized carbons (Fsp3) is 0.0204. The van der Waals surface area contributed by atoms with Crippen LogP contribution in [-0.2, 0) is 5.41 Å². The summed E-state index contributed by atoms with van der Waals surface area (Å²) in [6.45, 7) is 0. The molecule has 1 aliphatic carbocycles. The first kappa shape index (κ1) is 27.5. The largest absolute Gasteiger partial charge is 0.456 e. The Kier molecular flexibility index (Phi) is 5.66. The normalized spacial score (nSPS) is 13.4. The van der Waals surface area contributed by atoms with Gasteiger partial charge in [-0.2, -0.15) is 0 Å². The first-order chi connectivity index (χ1) is 24.8. The first-order valence-electron chi connectivity index (χ1n) is 17.3. The van der Waals surface area contributed by atoms with Crippen molar-refractivity contribution in [3.05, 3.63) is 204 Å². The van der Waals surface area contributed by atoms with Crippen LogP contribution in [0.3, 0.4) is 0 Å². The number of hydrogen-bond donors (Lipinski definition) is 0. The summed E-state index contributed by atoms with van der Waals surface area (Å²) >= 11 is 0. The predicted octanol–water partition coefficient (Wildman–Crippen LogP) is 13.1. The van der Waals surface area contributed by atoms with Gasteiger partial charge >= 0.3 is 0 Å². The molecule has 1 nitrogen and oxygen atoms in total. The lowest BCUT2D eigenvalue weighted by Crippen LogP contribution is -2.28. The average molecular weight is 635 g/mol. The monoisotopic (exact) mass is 634 g/mol. The molecule has 1 aromatic heterocycles. The summed E-state index contributed by atoms with van der Waals surface area (Å²) in [6, 6.07) is 66.7. The van der Waals surface area contributed by atoms with E-state index >= 15 is 0 Å². The van der Waals surface area contributed by atoms with Crippen molar-refractivity contribution in [3.63, 3.8) is 0 Å². The molecule has 0 aliphatic heterocycles. The molecule has 50 heavy (non-hydrogen) atoms. The molecule has 0 unspecified atom stereocenters. The molecule has 232 valence electrons. The van der Waals surface area contributed by atoms with Crippen LogP contribution in [0, 0.1) is 0 Å². The Labute approximate surface area is 289 Å². The third-order valence-corrected chi connectivity index (χ3v) is 11.1. The zero-order valence-corrected chi connectivity index (χ0v) is 27.2. The van der Waals surface area contributed by atoms with E-state index in [1.165, 1.54) is 76.8 Å². The van der Waals surface area contributed by atoms with E-state index in [-0.39, 0.29) is 0 Å².